The van der Waals surface area contributed by atoms with E-state index in [4.69, 9.17) is 9.47 Å². The van der Waals surface area contributed by atoms with Gasteiger partial charge >= 0.3 is 11.9 Å². The minimum atomic E-state index is -1.42. The summed E-state index contributed by atoms with van der Waals surface area (Å²) in [7, 11) is 0. The Bertz CT molecular complexity index is 608. The van der Waals surface area contributed by atoms with Gasteiger partial charge in [-0.15, -0.1) is 11.3 Å². The molecule has 0 unspecified atom stereocenters. The average Bonchev–Trinajstić information content (AvgIpc) is 2.91. The molecule has 112 valence electrons. The molecular formula is C16H18O4S. The van der Waals surface area contributed by atoms with Gasteiger partial charge in [-0.05, 0) is 38.3 Å². The Hall–Kier alpha value is -1.88. The van der Waals surface area contributed by atoms with E-state index in [0.29, 0.717) is 4.88 Å². The van der Waals surface area contributed by atoms with Crippen LogP contribution in [0, 0.1) is 0 Å². The van der Waals surface area contributed by atoms with Crippen molar-refractivity contribution in [3.8, 4) is 0 Å². The lowest BCUT2D eigenvalue weighted by atomic mass is 9.88. The second kappa shape index (κ2) is 6.26. The van der Waals surface area contributed by atoms with Gasteiger partial charge in [-0.3, -0.25) is 9.59 Å². The lowest BCUT2D eigenvalue weighted by molar-refractivity contribution is -0.163. The third-order valence-corrected chi connectivity index (χ3v) is 4.62. The molecule has 5 heteroatoms. The number of carbonyl (C=O) groups excluding carboxylic acids is 2. The SMILES string of the molecule is CCOC(=O)C(C)(C(=O)OCC)c1cc2ccccc2s1. The fourth-order valence-electron chi connectivity index (χ4n) is 2.06. The molecule has 1 heterocycles. The van der Waals surface area contributed by atoms with E-state index in [1.54, 1.807) is 20.8 Å². The second-order valence-corrected chi connectivity index (χ2v) is 5.80. The van der Waals surface area contributed by atoms with Crippen LogP contribution in [0.5, 0.6) is 0 Å². The van der Waals surface area contributed by atoms with Crippen molar-refractivity contribution in [2.45, 2.75) is 26.2 Å². The molecule has 0 radical (unpaired) electrons. The fourth-order valence-corrected chi connectivity index (χ4v) is 3.25. The zero-order chi connectivity index (χ0) is 15.5. The number of hydrogen-bond donors (Lipinski definition) is 0. The van der Waals surface area contributed by atoms with Gasteiger partial charge in [0.25, 0.3) is 0 Å². The van der Waals surface area contributed by atoms with Crippen LogP contribution in [-0.4, -0.2) is 25.2 Å². The van der Waals surface area contributed by atoms with Crippen molar-refractivity contribution in [2.75, 3.05) is 13.2 Å². The predicted octanol–water partition coefficient (Wildman–Crippen LogP) is 3.29. The summed E-state index contributed by atoms with van der Waals surface area (Å²) in [6, 6.07) is 9.61. The van der Waals surface area contributed by atoms with E-state index in [1.165, 1.54) is 11.3 Å². The first kappa shape index (κ1) is 15.5. The summed E-state index contributed by atoms with van der Waals surface area (Å²) in [5, 5.41) is 0.998. The summed E-state index contributed by atoms with van der Waals surface area (Å²) < 4.78 is 11.2. The smallest absolute Gasteiger partial charge is 0.328 e. The van der Waals surface area contributed by atoms with Gasteiger partial charge in [-0.1, -0.05) is 18.2 Å². The minimum Gasteiger partial charge on any atom is -0.465 e. The molecule has 0 spiro atoms. The molecule has 1 aromatic carbocycles. The molecule has 2 aromatic rings. The third kappa shape index (κ3) is 2.78. The summed E-state index contributed by atoms with van der Waals surface area (Å²) in [6.07, 6.45) is 0. The number of hydrogen-bond acceptors (Lipinski definition) is 5. The number of benzene rings is 1. The number of ether oxygens (including phenoxy) is 2. The van der Waals surface area contributed by atoms with Crippen LogP contribution < -0.4 is 0 Å². The Labute approximate surface area is 127 Å². The van der Waals surface area contributed by atoms with Gasteiger partial charge in [0.2, 0.25) is 0 Å². The van der Waals surface area contributed by atoms with E-state index in [-0.39, 0.29) is 13.2 Å². The third-order valence-electron chi connectivity index (χ3n) is 3.29. The highest BCUT2D eigenvalue weighted by molar-refractivity contribution is 7.19. The highest BCUT2D eigenvalue weighted by Crippen LogP contribution is 2.36. The summed E-state index contributed by atoms with van der Waals surface area (Å²) in [5.41, 5.74) is -1.42. The summed E-state index contributed by atoms with van der Waals surface area (Å²) in [6.45, 7) is 5.44. The van der Waals surface area contributed by atoms with Crippen LogP contribution in [0.2, 0.25) is 0 Å². The molecule has 0 atom stereocenters. The Morgan fingerprint density at radius 3 is 2.19 bits per heavy atom. The summed E-state index contributed by atoms with van der Waals surface area (Å²) in [5.74, 6) is -1.15. The summed E-state index contributed by atoms with van der Waals surface area (Å²) >= 11 is 1.41. The van der Waals surface area contributed by atoms with Crippen LogP contribution in [-0.2, 0) is 24.5 Å². The molecule has 0 aliphatic rings. The standard InChI is InChI=1S/C16H18O4S/c1-4-19-14(17)16(3,15(18)20-5-2)13-10-11-8-6-7-9-12(11)21-13/h6-10H,4-5H2,1-3H3. The molecule has 0 fully saturated rings. The van der Waals surface area contributed by atoms with E-state index in [0.717, 1.165) is 10.1 Å². The first-order valence-corrected chi connectivity index (χ1v) is 7.69. The maximum Gasteiger partial charge on any atom is 0.328 e. The van der Waals surface area contributed by atoms with Crippen molar-refractivity contribution in [1.82, 2.24) is 0 Å². The Morgan fingerprint density at radius 1 is 1.10 bits per heavy atom. The molecule has 0 amide bonds. The quantitative estimate of drug-likeness (QED) is 0.628. The average molecular weight is 306 g/mol. The first-order chi connectivity index (χ1) is 10.0. The monoisotopic (exact) mass is 306 g/mol. The lowest BCUT2D eigenvalue weighted by Crippen LogP contribution is -2.43. The summed E-state index contributed by atoms with van der Waals surface area (Å²) in [4.78, 5) is 25.3. The Morgan fingerprint density at radius 2 is 1.67 bits per heavy atom. The van der Waals surface area contributed by atoms with Crippen LogP contribution in [0.4, 0.5) is 0 Å². The van der Waals surface area contributed by atoms with Crippen molar-refractivity contribution in [3.05, 3.63) is 35.2 Å². The van der Waals surface area contributed by atoms with Gasteiger partial charge in [0, 0.05) is 9.58 Å². The van der Waals surface area contributed by atoms with Crippen molar-refractivity contribution < 1.29 is 19.1 Å². The molecule has 21 heavy (non-hydrogen) atoms. The molecule has 0 saturated carbocycles. The second-order valence-electron chi connectivity index (χ2n) is 4.71. The molecule has 0 N–H and O–H groups in total. The largest absolute Gasteiger partial charge is 0.465 e. The van der Waals surface area contributed by atoms with Crippen molar-refractivity contribution >= 4 is 33.4 Å². The molecule has 0 aliphatic carbocycles. The van der Waals surface area contributed by atoms with Gasteiger partial charge in [0.05, 0.1) is 13.2 Å². The van der Waals surface area contributed by atoms with Crippen LogP contribution >= 0.6 is 11.3 Å². The molecule has 0 bridgehead atoms. The Kier molecular flexibility index (Phi) is 4.63. The first-order valence-electron chi connectivity index (χ1n) is 6.87. The van der Waals surface area contributed by atoms with Gasteiger partial charge in [0.1, 0.15) is 0 Å². The molecule has 4 nitrogen and oxygen atoms in total. The van der Waals surface area contributed by atoms with Gasteiger partial charge in [-0.25, -0.2) is 0 Å². The van der Waals surface area contributed by atoms with Crippen molar-refractivity contribution in [3.63, 3.8) is 0 Å². The predicted molar refractivity (Wildman–Crippen MR) is 82.4 cm³/mol. The van der Waals surface area contributed by atoms with Gasteiger partial charge < -0.3 is 9.47 Å². The van der Waals surface area contributed by atoms with E-state index < -0.39 is 17.4 Å². The van der Waals surface area contributed by atoms with Gasteiger partial charge in [-0.2, -0.15) is 0 Å². The molecule has 0 saturated heterocycles. The van der Waals surface area contributed by atoms with Crippen LogP contribution in [0.1, 0.15) is 25.6 Å². The molecule has 2 rings (SSSR count). The number of rotatable bonds is 5. The number of thiophene rings is 1. The van der Waals surface area contributed by atoms with E-state index in [9.17, 15) is 9.59 Å². The molecule has 0 aliphatic heterocycles. The highest BCUT2D eigenvalue weighted by atomic mass is 32.1. The number of fused-ring (bicyclic) bond motifs is 1. The maximum absolute atomic E-state index is 12.3. The van der Waals surface area contributed by atoms with Crippen LogP contribution in [0.3, 0.4) is 0 Å². The fraction of sp³-hybridized carbons (Fsp3) is 0.375. The number of esters is 2. The zero-order valence-electron chi connectivity index (χ0n) is 12.3. The Balaban J connectivity index is 2.52. The topological polar surface area (TPSA) is 52.6 Å². The normalized spacial score (nSPS) is 11.4. The minimum absolute atomic E-state index is 0.221. The van der Waals surface area contributed by atoms with Gasteiger partial charge in [0.15, 0.2) is 5.41 Å². The number of carbonyl (C=O) groups is 2. The van der Waals surface area contributed by atoms with E-state index in [1.807, 2.05) is 30.3 Å². The van der Waals surface area contributed by atoms with Crippen LogP contribution in [0.15, 0.2) is 30.3 Å². The molecule has 1 aromatic heterocycles. The molecular weight excluding hydrogens is 288 g/mol. The lowest BCUT2D eigenvalue weighted by Gasteiger charge is -2.23. The van der Waals surface area contributed by atoms with E-state index >= 15 is 0 Å². The maximum atomic E-state index is 12.3. The van der Waals surface area contributed by atoms with E-state index in [2.05, 4.69) is 0 Å². The highest BCUT2D eigenvalue weighted by Gasteiger charge is 2.47. The van der Waals surface area contributed by atoms with Crippen LogP contribution in [0.25, 0.3) is 10.1 Å². The van der Waals surface area contributed by atoms with Crippen molar-refractivity contribution in [1.29, 1.82) is 0 Å². The zero-order valence-corrected chi connectivity index (χ0v) is 13.2. The van der Waals surface area contributed by atoms with Crippen molar-refractivity contribution in [2.24, 2.45) is 0 Å².